The van der Waals surface area contributed by atoms with Gasteiger partial charge in [-0.25, -0.2) is 9.59 Å². The molecule has 2 unspecified atom stereocenters. The van der Waals surface area contributed by atoms with Gasteiger partial charge in [-0.3, -0.25) is 5.32 Å². The lowest BCUT2D eigenvalue weighted by atomic mass is 10.0. The van der Waals surface area contributed by atoms with Crippen LogP contribution < -0.4 is 10.6 Å². The molecular weight excluding hydrogens is 458 g/mol. The Morgan fingerprint density at radius 1 is 1.00 bits per heavy atom. The van der Waals surface area contributed by atoms with E-state index in [4.69, 9.17) is 14.2 Å². The van der Waals surface area contributed by atoms with Gasteiger partial charge in [0.25, 0.3) is 0 Å². The van der Waals surface area contributed by atoms with Gasteiger partial charge >= 0.3 is 12.2 Å². The first-order valence-corrected chi connectivity index (χ1v) is 14.5. The van der Waals surface area contributed by atoms with E-state index < -0.39 is 6.09 Å². The van der Waals surface area contributed by atoms with Crippen LogP contribution in [0, 0.1) is 0 Å². The molecule has 0 aromatic carbocycles. The predicted octanol–water partition coefficient (Wildman–Crippen LogP) is 6.62. The molecule has 1 saturated heterocycles. The van der Waals surface area contributed by atoms with Crippen LogP contribution in [0.25, 0.3) is 0 Å². The second-order valence-corrected chi connectivity index (χ2v) is 9.99. The van der Waals surface area contributed by atoms with Gasteiger partial charge < -0.3 is 24.4 Å². The molecule has 1 rings (SSSR count). The lowest BCUT2D eigenvalue weighted by Crippen LogP contribution is -2.37. The number of nitrogens with zero attached hydrogens (tertiary/aromatic N) is 1. The van der Waals surface area contributed by atoms with Crippen LogP contribution >= 0.6 is 0 Å². The van der Waals surface area contributed by atoms with Crippen molar-refractivity contribution < 1.29 is 23.8 Å². The van der Waals surface area contributed by atoms with E-state index in [1.807, 2.05) is 25.9 Å². The Balaban J connectivity index is 0.000000757. The van der Waals surface area contributed by atoms with E-state index in [9.17, 15) is 9.59 Å². The minimum Gasteiger partial charge on any atom is -0.448 e. The number of amides is 2. The van der Waals surface area contributed by atoms with Gasteiger partial charge in [-0.1, -0.05) is 90.9 Å². The van der Waals surface area contributed by atoms with E-state index in [1.165, 1.54) is 83.5 Å². The Morgan fingerprint density at radius 2 is 1.56 bits per heavy atom. The van der Waals surface area contributed by atoms with Crippen LogP contribution in [0.5, 0.6) is 0 Å². The van der Waals surface area contributed by atoms with Crippen molar-refractivity contribution in [3.05, 3.63) is 0 Å². The van der Waals surface area contributed by atoms with Gasteiger partial charge in [0, 0.05) is 26.6 Å². The fourth-order valence-electron chi connectivity index (χ4n) is 4.00. The smallest absolute Gasteiger partial charge is 0.409 e. The third-order valence-electron chi connectivity index (χ3n) is 6.34. The van der Waals surface area contributed by atoms with Crippen LogP contribution in [-0.4, -0.2) is 70.3 Å². The first-order valence-electron chi connectivity index (χ1n) is 14.5. The van der Waals surface area contributed by atoms with Crippen LogP contribution in [0.2, 0.25) is 0 Å². The van der Waals surface area contributed by atoms with E-state index in [1.54, 1.807) is 7.11 Å². The number of cyclic esters (lactones) is 1. The van der Waals surface area contributed by atoms with Crippen molar-refractivity contribution >= 4 is 12.2 Å². The molecule has 0 aliphatic carbocycles. The number of carbonyl (C=O) groups is 2. The molecule has 1 heterocycles. The normalized spacial score (nSPS) is 15.9. The molecule has 2 N–H and O–H groups in total. The van der Waals surface area contributed by atoms with E-state index in [0.717, 1.165) is 32.4 Å². The largest absolute Gasteiger partial charge is 0.448 e. The highest BCUT2D eigenvalue weighted by Crippen LogP contribution is 2.16. The Hall–Kier alpha value is -1.54. The van der Waals surface area contributed by atoms with Gasteiger partial charge in [0.1, 0.15) is 18.9 Å². The molecule has 0 aromatic rings. The summed E-state index contributed by atoms with van der Waals surface area (Å²) < 4.78 is 15.1. The molecule has 214 valence electrons. The summed E-state index contributed by atoms with van der Waals surface area (Å²) in [6.07, 6.45) is 20.0. The SMILES string of the molecule is CCC(NC(=O)OCCN(C)C)OC.CCCCCCCCCCCCCCCC1CCNC(=O)O1. The van der Waals surface area contributed by atoms with Crippen molar-refractivity contribution in [2.45, 2.75) is 129 Å². The van der Waals surface area contributed by atoms with Crippen LogP contribution in [0.4, 0.5) is 9.59 Å². The highest BCUT2D eigenvalue weighted by atomic mass is 16.6. The average molecular weight is 516 g/mol. The van der Waals surface area contributed by atoms with Crippen molar-refractivity contribution in [3.8, 4) is 0 Å². The summed E-state index contributed by atoms with van der Waals surface area (Å²) in [7, 11) is 5.39. The van der Waals surface area contributed by atoms with Gasteiger partial charge in [0.05, 0.1) is 0 Å². The minimum absolute atomic E-state index is 0.168. The van der Waals surface area contributed by atoms with Crippen molar-refractivity contribution in [3.63, 3.8) is 0 Å². The average Bonchev–Trinajstić information content (AvgIpc) is 2.85. The van der Waals surface area contributed by atoms with E-state index in [-0.39, 0.29) is 18.4 Å². The molecule has 0 saturated carbocycles. The monoisotopic (exact) mass is 515 g/mol. The fraction of sp³-hybridized carbons (Fsp3) is 0.929. The van der Waals surface area contributed by atoms with Gasteiger partial charge in [-0.05, 0) is 33.4 Å². The summed E-state index contributed by atoms with van der Waals surface area (Å²) in [5, 5.41) is 5.29. The number of unbranched alkanes of at least 4 members (excludes halogenated alkanes) is 12. The summed E-state index contributed by atoms with van der Waals surface area (Å²) in [6, 6.07) is 0. The lowest BCUT2D eigenvalue weighted by molar-refractivity contribution is 0.0579. The second-order valence-electron chi connectivity index (χ2n) is 9.99. The number of hydrogen-bond acceptors (Lipinski definition) is 6. The first kappa shape index (κ1) is 34.5. The highest BCUT2D eigenvalue weighted by molar-refractivity contribution is 5.68. The maximum Gasteiger partial charge on any atom is 0.409 e. The molecule has 2 amide bonds. The number of carbonyl (C=O) groups excluding carboxylic acids is 2. The molecule has 2 atom stereocenters. The zero-order valence-corrected chi connectivity index (χ0v) is 24.1. The van der Waals surface area contributed by atoms with Crippen LogP contribution in [0.1, 0.15) is 117 Å². The van der Waals surface area contributed by atoms with Crippen LogP contribution in [0.15, 0.2) is 0 Å². The molecule has 0 spiro atoms. The van der Waals surface area contributed by atoms with E-state index in [2.05, 4.69) is 17.6 Å². The highest BCUT2D eigenvalue weighted by Gasteiger charge is 2.18. The number of hydrogen-bond donors (Lipinski definition) is 2. The van der Waals surface area contributed by atoms with Gasteiger partial charge in [0.2, 0.25) is 0 Å². The number of methoxy groups -OCH3 is 1. The van der Waals surface area contributed by atoms with Crippen molar-refractivity contribution in [2.75, 3.05) is 40.9 Å². The number of alkyl carbamates (subject to hydrolysis) is 2. The number of nitrogens with one attached hydrogen (secondary N) is 2. The zero-order valence-electron chi connectivity index (χ0n) is 24.1. The maximum atomic E-state index is 11.1. The maximum absolute atomic E-state index is 11.1. The standard InChI is InChI=1S/C19H37NO2.C9H20N2O3/c1-2-3-4-5-6-7-8-9-10-11-12-13-14-15-18-16-17-20-19(21)22-18;1-5-8(13-4)10-9(12)14-7-6-11(2)3/h18H,2-17H2,1H3,(H,20,21);8H,5-7H2,1-4H3,(H,10,12). The number of likely N-dealkylation sites (N-methyl/N-ethyl adjacent to an activating group) is 1. The van der Waals surface area contributed by atoms with Gasteiger partial charge in [-0.2, -0.15) is 0 Å². The summed E-state index contributed by atoms with van der Waals surface area (Å²) >= 11 is 0. The Labute approximate surface area is 221 Å². The summed E-state index contributed by atoms with van der Waals surface area (Å²) in [5.41, 5.74) is 0. The quantitative estimate of drug-likeness (QED) is 0.140. The van der Waals surface area contributed by atoms with E-state index in [0.29, 0.717) is 6.61 Å². The third kappa shape index (κ3) is 22.9. The molecule has 8 nitrogen and oxygen atoms in total. The van der Waals surface area contributed by atoms with Gasteiger partial charge in [-0.15, -0.1) is 0 Å². The molecule has 1 aliphatic heterocycles. The van der Waals surface area contributed by atoms with Crippen molar-refractivity contribution in [1.82, 2.24) is 15.5 Å². The topological polar surface area (TPSA) is 89.1 Å². The lowest BCUT2D eigenvalue weighted by Gasteiger charge is -2.22. The third-order valence-corrected chi connectivity index (χ3v) is 6.34. The zero-order chi connectivity index (χ0) is 26.9. The van der Waals surface area contributed by atoms with Crippen molar-refractivity contribution in [1.29, 1.82) is 0 Å². The molecule has 1 fully saturated rings. The van der Waals surface area contributed by atoms with Gasteiger partial charge in [0.15, 0.2) is 0 Å². The Kier molecular flexibility index (Phi) is 24.0. The number of rotatable bonds is 20. The first-order chi connectivity index (χ1) is 17.4. The minimum atomic E-state index is -0.430. The molecule has 1 aliphatic rings. The summed E-state index contributed by atoms with van der Waals surface area (Å²) in [5.74, 6) is 0. The molecule has 0 radical (unpaired) electrons. The van der Waals surface area contributed by atoms with Crippen LogP contribution in [-0.2, 0) is 14.2 Å². The summed E-state index contributed by atoms with van der Waals surface area (Å²) in [4.78, 5) is 24.1. The van der Waals surface area contributed by atoms with Crippen LogP contribution in [0.3, 0.4) is 0 Å². The predicted molar refractivity (Wildman–Crippen MR) is 147 cm³/mol. The molecule has 36 heavy (non-hydrogen) atoms. The summed E-state index contributed by atoms with van der Waals surface area (Å²) in [6.45, 7) is 6.09. The van der Waals surface area contributed by atoms with E-state index >= 15 is 0 Å². The Morgan fingerprint density at radius 3 is 2.03 bits per heavy atom. The molecular formula is C28H57N3O5. The molecule has 0 bridgehead atoms. The van der Waals surface area contributed by atoms with Crippen molar-refractivity contribution in [2.24, 2.45) is 0 Å². The molecule has 8 heteroatoms. The molecule has 0 aromatic heterocycles. The fourth-order valence-corrected chi connectivity index (χ4v) is 4.00. The Bertz CT molecular complexity index is 515. The number of ether oxygens (including phenoxy) is 3. The second kappa shape index (κ2) is 25.1.